The topological polar surface area (TPSA) is 60.9 Å². The number of hydrogen-bond acceptors (Lipinski definition) is 3. The van der Waals surface area contributed by atoms with Crippen LogP contribution in [-0.4, -0.2) is 23.1 Å². The smallest absolute Gasteiger partial charge is 0.132 e. The third-order valence-electron chi connectivity index (χ3n) is 1.74. The average molecular weight is 187 g/mol. The van der Waals surface area contributed by atoms with Gasteiger partial charge in [0.2, 0.25) is 0 Å². The van der Waals surface area contributed by atoms with Crippen molar-refractivity contribution in [2.75, 3.05) is 19.1 Å². The lowest BCUT2D eigenvalue weighted by molar-refractivity contribution is 0.588. The number of nitrogens with two attached hydrogens (primary N) is 1. The minimum absolute atomic E-state index is 0.533. The maximum atomic E-state index is 11.6. The molecule has 0 radical (unpaired) electrons. The van der Waals surface area contributed by atoms with Gasteiger partial charge in [-0.1, -0.05) is 0 Å². The Bertz CT molecular complexity index is 325. The molecule has 12 heavy (non-hydrogen) atoms. The summed E-state index contributed by atoms with van der Waals surface area (Å²) in [6, 6.07) is 0. The van der Waals surface area contributed by atoms with Gasteiger partial charge in [0.1, 0.15) is 13.0 Å². The molecule has 1 heterocycles. The highest BCUT2D eigenvalue weighted by atomic mass is 31.2. The van der Waals surface area contributed by atoms with E-state index in [2.05, 4.69) is 5.10 Å². The molecule has 2 N–H and O–H groups in total. The largest absolute Gasteiger partial charge is 0.383 e. The van der Waals surface area contributed by atoms with Crippen molar-refractivity contribution in [3.05, 3.63) is 6.20 Å². The van der Waals surface area contributed by atoms with Crippen LogP contribution in [0, 0.1) is 0 Å². The number of hydrogen-bond donors (Lipinski definition) is 1. The van der Waals surface area contributed by atoms with E-state index in [1.165, 1.54) is 0 Å². The maximum absolute atomic E-state index is 11.6. The Labute approximate surface area is 72.1 Å². The second-order valence-corrected chi connectivity index (χ2v) is 6.27. The van der Waals surface area contributed by atoms with Gasteiger partial charge in [-0.05, 0) is 20.3 Å². The number of nitrogens with zero attached hydrogens (tertiary/aromatic N) is 2. The molecule has 0 fully saturated rings. The van der Waals surface area contributed by atoms with E-state index in [4.69, 9.17) is 5.73 Å². The first-order valence-electron chi connectivity index (χ1n) is 3.83. The Morgan fingerprint density at radius 3 is 2.50 bits per heavy atom. The molecular formula is C7H14N3OP. The summed E-state index contributed by atoms with van der Waals surface area (Å²) in [6.45, 7) is 6.05. The standard InChI is InChI=1S/C7H14N3OP/c1-4-10-7(8)6(5-9-10)12(2,3)11/h5H,4,8H2,1-3H3. The zero-order valence-corrected chi connectivity index (χ0v) is 8.51. The van der Waals surface area contributed by atoms with Gasteiger partial charge in [-0.15, -0.1) is 0 Å². The van der Waals surface area contributed by atoms with Crippen LogP contribution in [0.5, 0.6) is 0 Å². The van der Waals surface area contributed by atoms with E-state index >= 15 is 0 Å². The Balaban J connectivity index is 3.20. The van der Waals surface area contributed by atoms with Crippen molar-refractivity contribution in [1.82, 2.24) is 9.78 Å². The van der Waals surface area contributed by atoms with Crippen LogP contribution >= 0.6 is 7.14 Å². The van der Waals surface area contributed by atoms with Gasteiger partial charge in [0.05, 0.1) is 11.5 Å². The number of nitrogen functional groups attached to an aromatic ring is 1. The fourth-order valence-corrected chi connectivity index (χ4v) is 2.05. The maximum Gasteiger partial charge on any atom is 0.132 e. The Kier molecular flexibility index (Phi) is 2.29. The number of anilines is 1. The van der Waals surface area contributed by atoms with Crippen LogP contribution < -0.4 is 11.0 Å². The fraction of sp³-hybridized carbons (Fsp3) is 0.571. The first-order valence-corrected chi connectivity index (χ1v) is 6.43. The summed E-state index contributed by atoms with van der Waals surface area (Å²) in [5.74, 6) is 0.533. The minimum atomic E-state index is -2.26. The number of aryl methyl sites for hydroxylation is 1. The zero-order valence-electron chi connectivity index (χ0n) is 7.61. The molecule has 5 heteroatoms. The van der Waals surface area contributed by atoms with E-state index in [1.54, 1.807) is 24.2 Å². The number of rotatable bonds is 2. The molecule has 68 valence electrons. The molecule has 0 bridgehead atoms. The highest BCUT2D eigenvalue weighted by molar-refractivity contribution is 7.70. The van der Waals surface area contributed by atoms with Crippen molar-refractivity contribution in [1.29, 1.82) is 0 Å². The van der Waals surface area contributed by atoms with Gasteiger partial charge in [-0.25, -0.2) is 4.68 Å². The highest BCUT2D eigenvalue weighted by Gasteiger charge is 2.18. The minimum Gasteiger partial charge on any atom is -0.383 e. The normalized spacial score (nSPS) is 11.9. The molecule has 0 aliphatic carbocycles. The third kappa shape index (κ3) is 1.53. The molecular weight excluding hydrogens is 173 g/mol. The van der Waals surface area contributed by atoms with E-state index in [-0.39, 0.29) is 0 Å². The predicted molar refractivity (Wildman–Crippen MR) is 51.4 cm³/mol. The summed E-state index contributed by atoms with van der Waals surface area (Å²) in [6.07, 6.45) is 1.60. The molecule has 0 saturated heterocycles. The molecule has 0 aromatic carbocycles. The van der Waals surface area contributed by atoms with E-state index < -0.39 is 7.14 Å². The van der Waals surface area contributed by atoms with Gasteiger partial charge in [0, 0.05) is 6.54 Å². The third-order valence-corrected chi connectivity index (χ3v) is 3.24. The van der Waals surface area contributed by atoms with Crippen LogP contribution in [0.3, 0.4) is 0 Å². The second-order valence-electron chi connectivity index (χ2n) is 3.08. The molecule has 0 spiro atoms. The summed E-state index contributed by atoms with van der Waals surface area (Å²) >= 11 is 0. The summed E-state index contributed by atoms with van der Waals surface area (Å²) in [5.41, 5.74) is 5.73. The van der Waals surface area contributed by atoms with E-state index in [9.17, 15) is 4.57 Å². The SMILES string of the molecule is CCn1ncc(P(C)(C)=O)c1N. The second kappa shape index (κ2) is 2.94. The Morgan fingerprint density at radius 1 is 1.67 bits per heavy atom. The molecule has 0 atom stereocenters. The molecule has 1 aromatic rings. The van der Waals surface area contributed by atoms with Gasteiger partial charge in [0.15, 0.2) is 0 Å². The Morgan fingerprint density at radius 2 is 2.25 bits per heavy atom. The lowest BCUT2D eigenvalue weighted by atomic mass is 10.6. The van der Waals surface area contributed by atoms with Gasteiger partial charge in [0.25, 0.3) is 0 Å². The molecule has 4 nitrogen and oxygen atoms in total. The van der Waals surface area contributed by atoms with Crippen LogP contribution in [0.2, 0.25) is 0 Å². The Hall–Kier alpha value is -0.760. The fourth-order valence-electron chi connectivity index (χ4n) is 1.05. The van der Waals surface area contributed by atoms with Gasteiger partial charge in [-0.3, -0.25) is 0 Å². The summed E-state index contributed by atoms with van der Waals surface area (Å²) in [7, 11) is -2.26. The highest BCUT2D eigenvalue weighted by Crippen LogP contribution is 2.36. The van der Waals surface area contributed by atoms with Gasteiger partial charge in [-0.2, -0.15) is 5.10 Å². The van der Waals surface area contributed by atoms with Crippen molar-refractivity contribution in [2.24, 2.45) is 0 Å². The summed E-state index contributed by atoms with van der Waals surface area (Å²) in [5, 5.41) is 4.70. The van der Waals surface area contributed by atoms with E-state index in [0.717, 1.165) is 0 Å². The van der Waals surface area contributed by atoms with Gasteiger partial charge < -0.3 is 10.3 Å². The first-order chi connectivity index (χ1) is 5.46. The first kappa shape index (κ1) is 9.33. The quantitative estimate of drug-likeness (QED) is 0.694. The van der Waals surface area contributed by atoms with Crippen molar-refractivity contribution < 1.29 is 4.57 Å². The van der Waals surface area contributed by atoms with E-state index in [1.807, 2.05) is 6.92 Å². The van der Waals surface area contributed by atoms with Crippen LogP contribution in [-0.2, 0) is 11.1 Å². The van der Waals surface area contributed by atoms with Crippen molar-refractivity contribution >= 4 is 18.3 Å². The average Bonchev–Trinajstić information content (AvgIpc) is 2.29. The monoisotopic (exact) mass is 187 g/mol. The van der Waals surface area contributed by atoms with Crippen LogP contribution in [0.1, 0.15) is 6.92 Å². The van der Waals surface area contributed by atoms with Crippen LogP contribution in [0.25, 0.3) is 0 Å². The zero-order chi connectivity index (χ0) is 9.35. The molecule has 1 rings (SSSR count). The summed E-state index contributed by atoms with van der Waals surface area (Å²) in [4.78, 5) is 0. The number of aromatic nitrogens is 2. The molecule has 0 unspecified atom stereocenters. The molecule has 0 amide bonds. The lowest BCUT2D eigenvalue weighted by Crippen LogP contribution is -2.10. The van der Waals surface area contributed by atoms with Crippen LogP contribution in [0.4, 0.5) is 5.82 Å². The van der Waals surface area contributed by atoms with Crippen molar-refractivity contribution in [3.63, 3.8) is 0 Å². The van der Waals surface area contributed by atoms with Crippen molar-refractivity contribution in [2.45, 2.75) is 13.5 Å². The van der Waals surface area contributed by atoms with Gasteiger partial charge >= 0.3 is 0 Å². The van der Waals surface area contributed by atoms with Crippen molar-refractivity contribution in [3.8, 4) is 0 Å². The molecule has 0 saturated carbocycles. The molecule has 1 aromatic heterocycles. The lowest BCUT2D eigenvalue weighted by Gasteiger charge is -2.05. The van der Waals surface area contributed by atoms with E-state index in [0.29, 0.717) is 17.7 Å². The molecule has 0 aliphatic heterocycles. The molecule has 0 aliphatic rings. The summed E-state index contributed by atoms with van der Waals surface area (Å²) < 4.78 is 13.3. The predicted octanol–water partition coefficient (Wildman–Crippen LogP) is 0.733. The van der Waals surface area contributed by atoms with Crippen LogP contribution in [0.15, 0.2) is 6.20 Å².